The minimum absolute atomic E-state index is 0.469. The smallest absolute Gasteiger partial charge is 0.0942 e. The Morgan fingerprint density at radius 3 is 2.88 bits per heavy atom. The Balaban J connectivity index is 2.38. The van der Waals surface area contributed by atoms with Crippen LogP contribution < -0.4 is 0 Å². The van der Waals surface area contributed by atoms with Crippen LogP contribution >= 0.6 is 23.5 Å². The maximum atomic E-state index is 5.70. The molecule has 3 heteroatoms. The minimum atomic E-state index is 0.469. The first kappa shape index (κ1) is 6.30. The summed E-state index contributed by atoms with van der Waals surface area (Å²) in [6, 6.07) is 0. The molecular formula is C5H8ClNS. The molecule has 0 aromatic rings. The fourth-order valence-electron chi connectivity index (χ4n) is 0.609. The lowest BCUT2D eigenvalue weighted by molar-refractivity contribution is 0.557. The summed E-state index contributed by atoms with van der Waals surface area (Å²) in [7, 11) is 0. The molecule has 1 aliphatic heterocycles. The van der Waals surface area contributed by atoms with Crippen LogP contribution in [0.5, 0.6) is 0 Å². The molecule has 0 spiro atoms. The molecule has 0 aromatic heterocycles. The van der Waals surface area contributed by atoms with Crippen LogP contribution in [-0.4, -0.2) is 9.79 Å². The molecular weight excluding hydrogens is 142 g/mol. The number of thioether (sulfide) groups is 1. The third kappa shape index (κ3) is 1.12. The van der Waals surface area contributed by atoms with Crippen LogP contribution in [0.25, 0.3) is 0 Å². The van der Waals surface area contributed by atoms with Crippen molar-refractivity contribution in [2.75, 3.05) is 0 Å². The standard InChI is InChI=1S/C5H8ClNS/c1-2-5-7(6)3-4-8-5/h3-5H,2H2,1H3. The van der Waals surface area contributed by atoms with Gasteiger partial charge in [0.1, 0.15) is 0 Å². The van der Waals surface area contributed by atoms with Gasteiger partial charge in [0.05, 0.1) is 5.37 Å². The van der Waals surface area contributed by atoms with Crippen molar-refractivity contribution >= 4 is 23.5 Å². The van der Waals surface area contributed by atoms with E-state index in [2.05, 4.69) is 6.92 Å². The molecule has 0 aliphatic carbocycles. The highest BCUT2D eigenvalue weighted by molar-refractivity contribution is 8.02. The van der Waals surface area contributed by atoms with E-state index in [-0.39, 0.29) is 0 Å². The monoisotopic (exact) mass is 149 g/mol. The number of nitrogens with zero attached hydrogens (tertiary/aromatic N) is 1. The minimum Gasteiger partial charge on any atom is -0.279 e. The Labute approximate surface area is 58.8 Å². The molecule has 1 unspecified atom stereocenters. The molecule has 0 saturated heterocycles. The normalized spacial score (nSPS) is 27.2. The third-order valence-electron chi connectivity index (χ3n) is 1.06. The molecule has 0 N–H and O–H groups in total. The van der Waals surface area contributed by atoms with Crippen molar-refractivity contribution in [2.24, 2.45) is 0 Å². The zero-order valence-corrected chi connectivity index (χ0v) is 6.25. The van der Waals surface area contributed by atoms with E-state index in [1.165, 1.54) is 0 Å². The van der Waals surface area contributed by atoms with Gasteiger partial charge in [0.2, 0.25) is 0 Å². The summed E-state index contributed by atoms with van der Waals surface area (Å²) in [6.07, 6.45) is 2.99. The molecule has 1 atom stereocenters. The lowest BCUT2D eigenvalue weighted by Crippen LogP contribution is -2.12. The van der Waals surface area contributed by atoms with Crippen molar-refractivity contribution in [1.82, 2.24) is 4.42 Å². The zero-order valence-electron chi connectivity index (χ0n) is 4.67. The van der Waals surface area contributed by atoms with E-state index < -0.39 is 0 Å². The quantitative estimate of drug-likeness (QED) is 0.527. The second-order valence-corrected chi connectivity index (χ2v) is 3.11. The van der Waals surface area contributed by atoms with Crippen molar-refractivity contribution in [3.8, 4) is 0 Å². The van der Waals surface area contributed by atoms with Crippen molar-refractivity contribution in [3.63, 3.8) is 0 Å². The van der Waals surface area contributed by atoms with Gasteiger partial charge < -0.3 is 0 Å². The van der Waals surface area contributed by atoms with Crippen LogP contribution in [0.15, 0.2) is 11.6 Å². The second-order valence-electron chi connectivity index (χ2n) is 1.63. The highest BCUT2D eigenvalue weighted by Crippen LogP contribution is 2.28. The fraction of sp³-hybridized carbons (Fsp3) is 0.600. The summed E-state index contributed by atoms with van der Waals surface area (Å²) < 4.78 is 1.71. The van der Waals surface area contributed by atoms with E-state index in [0.717, 1.165) is 6.42 Å². The average Bonchev–Trinajstić information content (AvgIpc) is 2.14. The fourth-order valence-corrected chi connectivity index (χ4v) is 1.77. The van der Waals surface area contributed by atoms with Gasteiger partial charge in [0.25, 0.3) is 0 Å². The highest BCUT2D eigenvalue weighted by Gasteiger charge is 2.14. The lowest BCUT2D eigenvalue weighted by Gasteiger charge is -2.13. The van der Waals surface area contributed by atoms with Crippen molar-refractivity contribution in [2.45, 2.75) is 18.7 Å². The molecule has 1 aliphatic rings. The molecule has 8 heavy (non-hydrogen) atoms. The summed E-state index contributed by atoms with van der Waals surface area (Å²) in [5.41, 5.74) is 0. The molecule has 0 saturated carbocycles. The first-order valence-corrected chi connectivity index (χ1v) is 3.89. The topological polar surface area (TPSA) is 3.24 Å². The van der Waals surface area contributed by atoms with E-state index in [1.54, 1.807) is 16.2 Å². The summed E-state index contributed by atoms with van der Waals surface area (Å²) in [6.45, 7) is 2.13. The van der Waals surface area contributed by atoms with E-state index in [4.69, 9.17) is 11.8 Å². The van der Waals surface area contributed by atoms with Gasteiger partial charge in [-0.2, -0.15) is 0 Å². The molecule has 1 rings (SSSR count). The van der Waals surface area contributed by atoms with Crippen LogP contribution in [0.3, 0.4) is 0 Å². The predicted molar refractivity (Wildman–Crippen MR) is 38.5 cm³/mol. The van der Waals surface area contributed by atoms with Crippen molar-refractivity contribution < 1.29 is 0 Å². The zero-order chi connectivity index (χ0) is 5.98. The van der Waals surface area contributed by atoms with E-state index >= 15 is 0 Å². The average molecular weight is 150 g/mol. The van der Waals surface area contributed by atoms with Crippen LogP contribution in [0, 0.1) is 0 Å². The first-order chi connectivity index (χ1) is 3.84. The van der Waals surface area contributed by atoms with Crippen LogP contribution in [0.4, 0.5) is 0 Å². The van der Waals surface area contributed by atoms with Crippen LogP contribution in [0.2, 0.25) is 0 Å². The maximum Gasteiger partial charge on any atom is 0.0942 e. The number of hydrogen-bond donors (Lipinski definition) is 0. The van der Waals surface area contributed by atoms with Gasteiger partial charge in [-0.15, -0.1) is 11.8 Å². The third-order valence-corrected chi connectivity index (χ3v) is 2.68. The Bertz CT molecular complexity index is 105. The largest absolute Gasteiger partial charge is 0.279 e. The molecule has 1 heterocycles. The summed E-state index contributed by atoms with van der Waals surface area (Å²) in [5.74, 6) is 0. The first-order valence-electron chi connectivity index (χ1n) is 2.61. The van der Waals surface area contributed by atoms with Gasteiger partial charge in [-0.3, -0.25) is 4.42 Å². The molecule has 0 fully saturated rings. The van der Waals surface area contributed by atoms with Gasteiger partial charge in [-0.05, 0) is 11.8 Å². The molecule has 0 bridgehead atoms. The number of rotatable bonds is 1. The van der Waals surface area contributed by atoms with E-state index in [0.29, 0.717) is 5.37 Å². The Kier molecular flexibility index (Phi) is 2.08. The van der Waals surface area contributed by atoms with Gasteiger partial charge >= 0.3 is 0 Å². The van der Waals surface area contributed by atoms with Gasteiger partial charge in [0, 0.05) is 18.0 Å². The maximum absolute atomic E-state index is 5.70. The molecule has 0 amide bonds. The Morgan fingerprint density at radius 2 is 2.62 bits per heavy atom. The predicted octanol–water partition coefficient (Wildman–Crippen LogP) is 2.40. The molecule has 1 nitrogen and oxygen atoms in total. The molecule has 0 aromatic carbocycles. The lowest BCUT2D eigenvalue weighted by atomic mass is 10.5. The van der Waals surface area contributed by atoms with Crippen LogP contribution in [0.1, 0.15) is 13.3 Å². The van der Waals surface area contributed by atoms with Crippen molar-refractivity contribution in [3.05, 3.63) is 11.6 Å². The van der Waals surface area contributed by atoms with E-state index in [1.807, 2.05) is 11.6 Å². The number of hydrogen-bond acceptors (Lipinski definition) is 2. The van der Waals surface area contributed by atoms with Gasteiger partial charge in [-0.25, -0.2) is 0 Å². The number of halogens is 1. The van der Waals surface area contributed by atoms with Gasteiger partial charge in [0.15, 0.2) is 0 Å². The molecule has 46 valence electrons. The van der Waals surface area contributed by atoms with Gasteiger partial charge in [-0.1, -0.05) is 6.92 Å². The Hall–Kier alpha value is 0.180. The summed E-state index contributed by atoms with van der Waals surface area (Å²) in [4.78, 5) is 0. The molecule has 0 radical (unpaired) electrons. The highest BCUT2D eigenvalue weighted by atomic mass is 35.5. The van der Waals surface area contributed by atoms with Crippen LogP contribution in [-0.2, 0) is 0 Å². The van der Waals surface area contributed by atoms with E-state index in [9.17, 15) is 0 Å². The van der Waals surface area contributed by atoms with Crippen molar-refractivity contribution in [1.29, 1.82) is 0 Å². The Morgan fingerprint density at radius 1 is 1.88 bits per heavy atom. The SMILES string of the molecule is CCC1SC=CN1Cl. The summed E-state index contributed by atoms with van der Waals surface area (Å²) in [5, 5.41) is 2.48. The second kappa shape index (κ2) is 2.65. The summed E-state index contributed by atoms with van der Waals surface area (Å²) >= 11 is 7.47.